The summed E-state index contributed by atoms with van der Waals surface area (Å²) in [6.45, 7) is 3.65. The minimum atomic E-state index is -0.490. The molecule has 0 saturated carbocycles. The van der Waals surface area contributed by atoms with Crippen LogP contribution < -0.4 is 0 Å². The van der Waals surface area contributed by atoms with E-state index in [-0.39, 0.29) is 6.04 Å². The van der Waals surface area contributed by atoms with Crippen LogP contribution in [0.1, 0.15) is 36.9 Å². The highest BCUT2D eigenvalue weighted by molar-refractivity contribution is 5.32. The van der Waals surface area contributed by atoms with Crippen LogP contribution >= 0.6 is 0 Å². The van der Waals surface area contributed by atoms with Crippen molar-refractivity contribution in [1.82, 2.24) is 4.90 Å². The molecule has 0 unspecified atom stereocenters. The van der Waals surface area contributed by atoms with Crippen LogP contribution in [-0.2, 0) is 0 Å². The first kappa shape index (κ1) is 14.3. The van der Waals surface area contributed by atoms with Gasteiger partial charge >= 0.3 is 0 Å². The molecular weight excluding hydrogens is 258 g/mol. The molecule has 110 valence electrons. The van der Waals surface area contributed by atoms with Gasteiger partial charge in [0, 0.05) is 13.1 Å². The van der Waals surface area contributed by atoms with E-state index in [2.05, 4.69) is 72.5 Å². The highest BCUT2D eigenvalue weighted by atomic mass is 16.3. The molecule has 1 heterocycles. The van der Waals surface area contributed by atoms with E-state index >= 15 is 0 Å². The Hall–Kier alpha value is -1.64. The Morgan fingerprint density at radius 3 is 1.86 bits per heavy atom. The number of likely N-dealkylation sites (tertiary alicyclic amines) is 1. The SMILES string of the molecule is CCCC1(O)CN(C(c2ccccc2)c2ccccc2)C1. The molecule has 2 aromatic carbocycles. The van der Waals surface area contributed by atoms with Crippen LogP contribution in [0.3, 0.4) is 0 Å². The number of aliphatic hydroxyl groups is 1. The molecule has 0 aliphatic carbocycles. The monoisotopic (exact) mass is 281 g/mol. The molecule has 1 aliphatic rings. The maximum absolute atomic E-state index is 10.5. The molecule has 1 aliphatic heterocycles. The molecule has 1 fully saturated rings. The summed E-state index contributed by atoms with van der Waals surface area (Å²) < 4.78 is 0. The van der Waals surface area contributed by atoms with E-state index in [0.29, 0.717) is 0 Å². The van der Waals surface area contributed by atoms with E-state index in [1.807, 2.05) is 0 Å². The lowest BCUT2D eigenvalue weighted by atomic mass is 9.84. The third-order valence-electron chi connectivity index (χ3n) is 4.31. The standard InChI is InChI=1S/C19H23NO/c1-2-13-19(21)14-20(15-19)18(16-9-5-3-6-10-16)17-11-7-4-8-12-17/h3-12,18,21H,2,13-15H2,1H3. The van der Waals surface area contributed by atoms with E-state index in [1.165, 1.54) is 11.1 Å². The minimum absolute atomic E-state index is 0.240. The zero-order valence-corrected chi connectivity index (χ0v) is 12.6. The van der Waals surface area contributed by atoms with Crippen molar-refractivity contribution in [2.45, 2.75) is 31.4 Å². The Morgan fingerprint density at radius 1 is 0.952 bits per heavy atom. The van der Waals surface area contributed by atoms with E-state index in [1.54, 1.807) is 0 Å². The highest BCUT2D eigenvalue weighted by Gasteiger charge is 2.43. The van der Waals surface area contributed by atoms with Crippen LogP contribution in [0.5, 0.6) is 0 Å². The second kappa shape index (κ2) is 6.00. The number of β-amino-alcohol motifs (C(OH)–C–C–N with tert-alkyl or cyclic N) is 1. The summed E-state index contributed by atoms with van der Waals surface area (Å²) in [4.78, 5) is 2.38. The van der Waals surface area contributed by atoms with Gasteiger partial charge in [0.25, 0.3) is 0 Å². The van der Waals surface area contributed by atoms with Gasteiger partial charge in [0.1, 0.15) is 0 Å². The predicted octanol–water partition coefficient (Wildman–Crippen LogP) is 3.62. The van der Waals surface area contributed by atoms with Gasteiger partial charge < -0.3 is 5.11 Å². The first-order valence-corrected chi connectivity index (χ1v) is 7.78. The van der Waals surface area contributed by atoms with Gasteiger partial charge in [0.2, 0.25) is 0 Å². The van der Waals surface area contributed by atoms with Gasteiger partial charge in [0.05, 0.1) is 11.6 Å². The quantitative estimate of drug-likeness (QED) is 0.904. The molecular formula is C19H23NO. The minimum Gasteiger partial charge on any atom is -0.387 e. The number of nitrogens with zero attached hydrogens (tertiary/aromatic N) is 1. The average Bonchev–Trinajstić information content (AvgIpc) is 2.48. The van der Waals surface area contributed by atoms with Crippen LogP contribution in [-0.4, -0.2) is 28.7 Å². The van der Waals surface area contributed by atoms with Gasteiger partial charge in [-0.15, -0.1) is 0 Å². The molecule has 0 aromatic heterocycles. The maximum Gasteiger partial charge on any atom is 0.0900 e. The summed E-state index contributed by atoms with van der Waals surface area (Å²) in [5.41, 5.74) is 2.10. The molecule has 0 amide bonds. The molecule has 1 N–H and O–H groups in total. The largest absolute Gasteiger partial charge is 0.387 e. The lowest BCUT2D eigenvalue weighted by Gasteiger charge is -2.50. The van der Waals surface area contributed by atoms with Crippen molar-refractivity contribution in [1.29, 1.82) is 0 Å². The molecule has 0 spiro atoms. The Kier molecular flexibility index (Phi) is 4.09. The van der Waals surface area contributed by atoms with Gasteiger partial charge in [-0.05, 0) is 17.5 Å². The molecule has 1 saturated heterocycles. The van der Waals surface area contributed by atoms with Crippen LogP contribution in [0, 0.1) is 0 Å². The molecule has 3 rings (SSSR count). The molecule has 0 atom stereocenters. The Morgan fingerprint density at radius 2 is 1.43 bits per heavy atom. The zero-order valence-electron chi connectivity index (χ0n) is 12.6. The lowest BCUT2D eigenvalue weighted by molar-refractivity contribution is -0.115. The van der Waals surface area contributed by atoms with Crippen molar-refractivity contribution in [3.05, 3.63) is 71.8 Å². The van der Waals surface area contributed by atoms with Crippen LogP contribution in [0.25, 0.3) is 0 Å². The Labute approximate surface area is 127 Å². The van der Waals surface area contributed by atoms with Crippen LogP contribution in [0.2, 0.25) is 0 Å². The first-order chi connectivity index (χ1) is 10.2. The topological polar surface area (TPSA) is 23.5 Å². The summed E-state index contributed by atoms with van der Waals surface area (Å²) in [6.07, 6.45) is 1.92. The van der Waals surface area contributed by atoms with Crippen molar-refractivity contribution in [2.24, 2.45) is 0 Å². The van der Waals surface area contributed by atoms with Gasteiger partial charge in [-0.3, -0.25) is 4.90 Å². The van der Waals surface area contributed by atoms with Gasteiger partial charge in [-0.2, -0.15) is 0 Å². The fourth-order valence-corrected chi connectivity index (χ4v) is 3.40. The van der Waals surface area contributed by atoms with Gasteiger partial charge in [0.15, 0.2) is 0 Å². The number of rotatable bonds is 5. The zero-order chi connectivity index (χ0) is 14.7. The molecule has 2 heteroatoms. The fourth-order valence-electron chi connectivity index (χ4n) is 3.40. The second-order valence-electron chi connectivity index (χ2n) is 6.10. The number of benzene rings is 2. The summed E-state index contributed by atoms with van der Waals surface area (Å²) >= 11 is 0. The third kappa shape index (κ3) is 3.02. The number of hydrogen-bond donors (Lipinski definition) is 1. The molecule has 2 nitrogen and oxygen atoms in total. The molecule has 0 bridgehead atoms. The fraction of sp³-hybridized carbons (Fsp3) is 0.368. The summed E-state index contributed by atoms with van der Waals surface area (Å²) in [7, 11) is 0. The highest BCUT2D eigenvalue weighted by Crippen LogP contribution is 2.37. The van der Waals surface area contributed by atoms with E-state index < -0.39 is 5.60 Å². The van der Waals surface area contributed by atoms with Gasteiger partial charge in [-0.1, -0.05) is 74.0 Å². The van der Waals surface area contributed by atoms with Gasteiger partial charge in [-0.25, -0.2) is 0 Å². The Bertz CT molecular complexity index is 521. The first-order valence-electron chi connectivity index (χ1n) is 7.78. The Balaban J connectivity index is 1.85. The summed E-state index contributed by atoms with van der Waals surface area (Å²) in [5, 5.41) is 10.5. The van der Waals surface area contributed by atoms with Crippen LogP contribution in [0.15, 0.2) is 60.7 Å². The average molecular weight is 281 g/mol. The summed E-state index contributed by atoms with van der Waals surface area (Å²) in [5.74, 6) is 0. The van der Waals surface area contributed by atoms with E-state index in [9.17, 15) is 5.11 Å². The van der Waals surface area contributed by atoms with Crippen molar-refractivity contribution < 1.29 is 5.11 Å². The van der Waals surface area contributed by atoms with E-state index in [4.69, 9.17) is 0 Å². The lowest BCUT2D eigenvalue weighted by Crippen LogP contribution is -2.62. The van der Waals surface area contributed by atoms with Crippen molar-refractivity contribution in [2.75, 3.05) is 13.1 Å². The van der Waals surface area contributed by atoms with Crippen molar-refractivity contribution in [3.8, 4) is 0 Å². The predicted molar refractivity (Wildman–Crippen MR) is 86.2 cm³/mol. The normalized spacial score (nSPS) is 17.7. The van der Waals surface area contributed by atoms with Crippen molar-refractivity contribution >= 4 is 0 Å². The molecule has 2 aromatic rings. The third-order valence-corrected chi connectivity index (χ3v) is 4.31. The molecule has 0 radical (unpaired) electrons. The smallest absolute Gasteiger partial charge is 0.0900 e. The van der Waals surface area contributed by atoms with E-state index in [0.717, 1.165) is 25.9 Å². The van der Waals surface area contributed by atoms with Crippen molar-refractivity contribution in [3.63, 3.8) is 0 Å². The summed E-state index contributed by atoms with van der Waals surface area (Å²) in [6, 6.07) is 21.4. The van der Waals surface area contributed by atoms with Crippen LogP contribution in [0.4, 0.5) is 0 Å². The maximum atomic E-state index is 10.5. The number of hydrogen-bond acceptors (Lipinski definition) is 2. The molecule has 21 heavy (non-hydrogen) atoms. The second-order valence-corrected chi connectivity index (χ2v) is 6.10.